The van der Waals surface area contributed by atoms with Crippen molar-refractivity contribution in [2.75, 3.05) is 11.9 Å². The van der Waals surface area contributed by atoms with Gasteiger partial charge in [0.1, 0.15) is 17.5 Å². The average Bonchev–Trinajstić information content (AvgIpc) is 3.28. The third-order valence-electron chi connectivity index (χ3n) is 6.15. The zero-order chi connectivity index (χ0) is 28.9. The van der Waals surface area contributed by atoms with Crippen LogP contribution in [0.15, 0.2) is 77.3 Å². The number of amides is 1. The Morgan fingerprint density at radius 1 is 0.975 bits per heavy atom. The summed E-state index contributed by atoms with van der Waals surface area (Å²) in [5, 5.41) is 6.54. The molecule has 1 N–H and O–H groups in total. The Bertz CT molecular complexity index is 1480. The second-order valence-electron chi connectivity index (χ2n) is 9.02. The molecule has 40 heavy (non-hydrogen) atoms. The van der Waals surface area contributed by atoms with Gasteiger partial charge in [0.2, 0.25) is 0 Å². The monoisotopic (exact) mass is 552 g/mol. The van der Waals surface area contributed by atoms with E-state index in [1.807, 2.05) is 48.5 Å². The van der Waals surface area contributed by atoms with Crippen LogP contribution in [-0.2, 0) is 26.9 Å². The molecule has 1 amide bonds. The number of alkyl halides is 3. The number of halogens is 3. The van der Waals surface area contributed by atoms with Crippen molar-refractivity contribution < 1.29 is 36.8 Å². The number of carbonyl (C=O) groups excluding carboxylic acids is 2. The molecule has 10 heteroatoms. The molecular weight excluding hydrogens is 525 g/mol. The number of ether oxygens (including phenoxy) is 2. The van der Waals surface area contributed by atoms with Crippen LogP contribution in [0.5, 0.6) is 0 Å². The van der Waals surface area contributed by atoms with Crippen LogP contribution in [0.4, 0.5) is 23.7 Å². The summed E-state index contributed by atoms with van der Waals surface area (Å²) >= 11 is 0. The lowest BCUT2D eigenvalue weighted by Gasteiger charge is -2.16. The zero-order valence-corrected chi connectivity index (χ0v) is 22.0. The molecule has 7 nitrogen and oxygen atoms in total. The number of nitrogens with zero attached hydrogens (tertiary/aromatic N) is 1. The van der Waals surface area contributed by atoms with Crippen LogP contribution >= 0.6 is 0 Å². The first-order valence-corrected chi connectivity index (χ1v) is 12.5. The number of nitrogens with one attached hydrogen (secondary N) is 1. The van der Waals surface area contributed by atoms with Crippen molar-refractivity contribution in [2.24, 2.45) is 0 Å². The molecule has 0 saturated heterocycles. The Labute approximate surface area is 228 Å². The molecule has 0 spiro atoms. The van der Waals surface area contributed by atoms with Gasteiger partial charge in [0, 0.05) is 5.56 Å². The van der Waals surface area contributed by atoms with Gasteiger partial charge < -0.3 is 14.0 Å². The molecular formula is C30H27F3N2O5. The van der Waals surface area contributed by atoms with E-state index in [1.165, 1.54) is 19.1 Å². The summed E-state index contributed by atoms with van der Waals surface area (Å²) in [4.78, 5) is 24.3. The van der Waals surface area contributed by atoms with E-state index in [1.54, 1.807) is 13.8 Å². The van der Waals surface area contributed by atoms with Gasteiger partial charge in [0.05, 0.1) is 18.6 Å². The molecule has 0 aliphatic carbocycles. The topological polar surface area (TPSA) is 90.7 Å². The molecule has 4 aromatic rings. The normalized spacial score (nSPS) is 12.1. The SMILES string of the molecule is CCOC(=O)Cc1ccc(-c2ccc(-c3onc(C)c3NC(=O)OC(C)c3cccc(C(F)(F)F)c3)cc2)cc1. The number of esters is 1. The first-order valence-electron chi connectivity index (χ1n) is 12.5. The van der Waals surface area contributed by atoms with E-state index in [0.717, 1.165) is 28.8 Å². The van der Waals surface area contributed by atoms with Gasteiger partial charge in [0.25, 0.3) is 0 Å². The Kier molecular flexibility index (Phi) is 8.57. The van der Waals surface area contributed by atoms with Crippen molar-refractivity contribution in [3.05, 3.63) is 95.2 Å². The van der Waals surface area contributed by atoms with Gasteiger partial charge in [-0.05, 0) is 55.2 Å². The summed E-state index contributed by atoms with van der Waals surface area (Å²) < 4.78 is 54.9. The third kappa shape index (κ3) is 6.88. The molecule has 0 fully saturated rings. The predicted octanol–water partition coefficient (Wildman–Crippen LogP) is 7.75. The lowest BCUT2D eigenvalue weighted by Crippen LogP contribution is -2.17. The van der Waals surface area contributed by atoms with E-state index in [9.17, 15) is 22.8 Å². The van der Waals surface area contributed by atoms with Crippen molar-refractivity contribution in [3.8, 4) is 22.5 Å². The lowest BCUT2D eigenvalue weighted by molar-refractivity contribution is -0.142. The fraction of sp³-hybridized carbons (Fsp3) is 0.233. The van der Waals surface area contributed by atoms with Gasteiger partial charge in [-0.15, -0.1) is 0 Å². The highest BCUT2D eigenvalue weighted by molar-refractivity contribution is 5.91. The quantitative estimate of drug-likeness (QED) is 0.225. The van der Waals surface area contributed by atoms with E-state index in [2.05, 4.69) is 10.5 Å². The van der Waals surface area contributed by atoms with E-state index < -0.39 is 23.9 Å². The molecule has 1 heterocycles. The summed E-state index contributed by atoms with van der Waals surface area (Å²) in [5.41, 5.74) is 3.43. The Morgan fingerprint density at radius 3 is 2.23 bits per heavy atom. The zero-order valence-electron chi connectivity index (χ0n) is 22.0. The second-order valence-corrected chi connectivity index (χ2v) is 9.02. The van der Waals surface area contributed by atoms with Crippen LogP contribution < -0.4 is 5.32 Å². The Morgan fingerprint density at radius 2 is 1.60 bits per heavy atom. The molecule has 0 radical (unpaired) electrons. The summed E-state index contributed by atoms with van der Waals surface area (Å²) in [7, 11) is 0. The van der Waals surface area contributed by atoms with E-state index in [4.69, 9.17) is 14.0 Å². The highest BCUT2D eigenvalue weighted by Gasteiger charge is 2.31. The second kappa shape index (κ2) is 12.1. The van der Waals surface area contributed by atoms with Gasteiger partial charge in [-0.1, -0.05) is 65.8 Å². The number of aryl methyl sites for hydroxylation is 1. The van der Waals surface area contributed by atoms with Gasteiger partial charge in [-0.25, -0.2) is 4.79 Å². The van der Waals surface area contributed by atoms with E-state index in [-0.39, 0.29) is 23.6 Å². The lowest BCUT2D eigenvalue weighted by atomic mass is 10.0. The van der Waals surface area contributed by atoms with Crippen LogP contribution in [0.3, 0.4) is 0 Å². The maximum absolute atomic E-state index is 13.0. The first kappa shape index (κ1) is 28.4. The maximum Gasteiger partial charge on any atom is 0.416 e. The van der Waals surface area contributed by atoms with Crippen LogP contribution in [-0.4, -0.2) is 23.8 Å². The largest absolute Gasteiger partial charge is 0.466 e. The fourth-order valence-electron chi connectivity index (χ4n) is 4.05. The number of aromatic nitrogens is 1. The van der Waals surface area contributed by atoms with Crippen molar-refractivity contribution in [2.45, 2.75) is 39.5 Å². The highest BCUT2D eigenvalue weighted by atomic mass is 19.4. The Hall–Kier alpha value is -4.60. The van der Waals surface area contributed by atoms with Gasteiger partial charge >= 0.3 is 18.2 Å². The molecule has 1 atom stereocenters. The molecule has 0 aliphatic rings. The van der Waals surface area contributed by atoms with Crippen LogP contribution in [0.25, 0.3) is 22.5 Å². The molecule has 0 aliphatic heterocycles. The standard InChI is InChI=1S/C30H27F3N2O5/c1-4-38-26(36)16-20-8-10-21(11-9-20)22-12-14-23(15-13-22)28-27(18(2)35-40-28)34-29(37)39-19(3)24-6-5-7-25(17-24)30(31,32)33/h5-15,17,19H,4,16H2,1-3H3,(H,34,37). The molecule has 0 bridgehead atoms. The highest BCUT2D eigenvalue weighted by Crippen LogP contribution is 2.34. The maximum atomic E-state index is 13.0. The number of carbonyl (C=O) groups is 2. The van der Waals surface area contributed by atoms with Gasteiger partial charge in [0.15, 0.2) is 5.76 Å². The molecule has 1 unspecified atom stereocenters. The molecule has 0 saturated carbocycles. The number of hydrogen-bond donors (Lipinski definition) is 1. The van der Waals surface area contributed by atoms with Crippen LogP contribution in [0, 0.1) is 6.92 Å². The summed E-state index contributed by atoms with van der Waals surface area (Å²) in [5.74, 6) is 0.0258. The van der Waals surface area contributed by atoms with E-state index in [0.29, 0.717) is 23.6 Å². The minimum atomic E-state index is -4.50. The summed E-state index contributed by atoms with van der Waals surface area (Å²) in [6.45, 7) is 5.23. The smallest absolute Gasteiger partial charge is 0.416 e. The molecule has 3 aromatic carbocycles. The van der Waals surface area contributed by atoms with Crippen molar-refractivity contribution >= 4 is 17.7 Å². The minimum absolute atomic E-state index is 0.203. The minimum Gasteiger partial charge on any atom is -0.466 e. The number of hydrogen-bond acceptors (Lipinski definition) is 6. The molecule has 1 aromatic heterocycles. The summed E-state index contributed by atoms with van der Waals surface area (Å²) in [6, 6.07) is 19.6. The number of rotatable bonds is 8. The van der Waals surface area contributed by atoms with Crippen LogP contribution in [0.1, 0.15) is 42.3 Å². The van der Waals surface area contributed by atoms with Crippen molar-refractivity contribution in [1.82, 2.24) is 5.16 Å². The molecule has 208 valence electrons. The fourth-order valence-corrected chi connectivity index (χ4v) is 4.05. The van der Waals surface area contributed by atoms with Gasteiger partial charge in [-0.3, -0.25) is 10.1 Å². The van der Waals surface area contributed by atoms with Gasteiger partial charge in [-0.2, -0.15) is 13.2 Å². The average molecular weight is 553 g/mol. The van der Waals surface area contributed by atoms with Crippen molar-refractivity contribution in [1.29, 1.82) is 0 Å². The van der Waals surface area contributed by atoms with Crippen molar-refractivity contribution in [3.63, 3.8) is 0 Å². The Balaban J connectivity index is 1.44. The van der Waals surface area contributed by atoms with Crippen LogP contribution in [0.2, 0.25) is 0 Å². The van der Waals surface area contributed by atoms with E-state index >= 15 is 0 Å². The number of anilines is 1. The third-order valence-corrected chi connectivity index (χ3v) is 6.15. The first-order chi connectivity index (χ1) is 19.0. The number of benzene rings is 3. The predicted molar refractivity (Wildman–Crippen MR) is 142 cm³/mol. The summed E-state index contributed by atoms with van der Waals surface area (Å²) in [6.07, 6.45) is -6.10. The molecule has 4 rings (SSSR count).